The molecule has 0 saturated heterocycles. The highest BCUT2D eigenvalue weighted by molar-refractivity contribution is 9.10. The summed E-state index contributed by atoms with van der Waals surface area (Å²) in [5, 5.41) is 11.6. The third-order valence-corrected chi connectivity index (χ3v) is 4.24. The second-order valence-corrected chi connectivity index (χ2v) is 6.29. The van der Waals surface area contributed by atoms with Crippen LogP contribution in [0.25, 0.3) is 5.69 Å². The summed E-state index contributed by atoms with van der Waals surface area (Å²) >= 11 is 3.44. The third kappa shape index (κ3) is 3.85. The smallest absolute Gasteiger partial charge is 0.334 e. The highest BCUT2D eigenvalue weighted by atomic mass is 79.9. The van der Waals surface area contributed by atoms with Gasteiger partial charge in [-0.25, -0.2) is 4.79 Å². The molecular weight excluding hydrogens is 376 g/mol. The summed E-state index contributed by atoms with van der Waals surface area (Å²) in [6, 6.07) is 9.56. The molecule has 0 aliphatic heterocycles. The second kappa shape index (κ2) is 7.63. The van der Waals surface area contributed by atoms with E-state index < -0.39 is 12.1 Å². The van der Waals surface area contributed by atoms with Gasteiger partial charge in [-0.3, -0.25) is 4.79 Å². The minimum atomic E-state index is -1.11. The average molecular weight is 395 g/mol. The van der Waals surface area contributed by atoms with Gasteiger partial charge in [-0.15, -0.1) is 0 Å². The standard InChI is InChI=1S/C17H19BrN2O4/c1-10-7-14(16(21)19-9-15(24-3)17(22)23)11(2)20(10)13-6-4-5-12(18)8-13/h4-8,15H,9H2,1-3H3,(H,19,21)(H,22,23). The molecule has 0 saturated carbocycles. The number of rotatable bonds is 6. The first-order chi connectivity index (χ1) is 11.3. The van der Waals surface area contributed by atoms with Crippen molar-refractivity contribution in [1.29, 1.82) is 0 Å². The number of carbonyl (C=O) groups excluding carboxylic acids is 1. The Labute approximate surface area is 148 Å². The maximum Gasteiger partial charge on any atom is 0.334 e. The number of aromatic nitrogens is 1. The number of benzene rings is 1. The molecule has 0 aliphatic carbocycles. The van der Waals surface area contributed by atoms with Crippen LogP contribution < -0.4 is 5.32 Å². The first kappa shape index (κ1) is 18.2. The van der Waals surface area contributed by atoms with Crippen LogP contribution in [-0.2, 0) is 9.53 Å². The van der Waals surface area contributed by atoms with E-state index in [1.807, 2.05) is 42.7 Å². The van der Waals surface area contributed by atoms with Gasteiger partial charge in [0.05, 0.1) is 12.1 Å². The molecule has 24 heavy (non-hydrogen) atoms. The highest BCUT2D eigenvalue weighted by Gasteiger charge is 2.20. The third-order valence-electron chi connectivity index (χ3n) is 3.75. The molecule has 2 rings (SSSR count). The minimum Gasteiger partial charge on any atom is -0.479 e. The molecule has 1 aromatic carbocycles. The predicted molar refractivity (Wildman–Crippen MR) is 93.7 cm³/mol. The van der Waals surface area contributed by atoms with Crippen molar-refractivity contribution in [1.82, 2.24) is 9.88 Å². The molecule has 0 radical (unpaired) electrons. The van der Waals surface area contributed by atoms with Crippen molar-refractivity contribution >= 4 is 27.8 Å². The fraction of sp³-hybridized carbons (Fsp3) is 0.294. The maximum atomic E-state index is 12.4. The number of ether oxygens (including phenoxy) is 1. The molecule has 128 valence electrons. The summed E-state index contributed by atoms with van der Waals surface area (Å²) < 4.78 is 7.74. The SMILES string of the molecule is COC(CNC(=O)c1cc(C)n(-c2cccc(Br)c2)c1C)C(=O)O. The van der Waals surface area contributed by atoms with Crippen LogP contribution in [0, 0.1) is 13.8 Å². The Kier molecular flexibility index (Phi) is 5.80. The number of halogens is 1. The number of aryl methyl sites for hydroxylation is 1. The molecule has 0 spiro atoms. The minimum absolute atomic E-state index is 0.0920. The lowest BCUT2D eigenvalue weighted by Crippen LogP contribution is -2.37. The van der Waals surface area contributed by atoms with E-state index >= 15 is 0 Å². The van der Waals surface area contributed by atoms with Crippen molar-refractivity contribution in [3.05, 3.63) is 51.8 Å². The summed E-state index contributed by atoms with van der Waals surface area (Å²) in [6.07, 6.45) is -1.07. The van der Waals surface area contributed by atoms with Crippen LogP contribution in [0.4, 0.5) is 0 Å². The number of nitrogens with one attached hydrogen (secondary N) is 1. The quantitative estimate of drug-likeness (QED) is 0.788. The van der Waals surface area contributed by atoms with E-state index in [1.54, 1.807) is 6.07 Å². The van der Waals surface area contributed by atoms with Crippen LogP contribution in [0.2, 0.25) is 0 Å². The average Bonchev–Trinajstić information content (AvgIpc) is 2.82. The van der Waals surface area contributed by atoms with Crippen LogP contribution in [0.1, 0.15) is 21.7 Å². The molecule has 2 N–H and O–H groups in total. The number of hydrogen-bond donors (Lipinski definition) is 2. The van der Waals surface area contributed by atoms with Gasteiger partial charge >= 0.3 is 5.97 Å². The van der Waals surface area contributed by atoms with Gasteiger partial charge in [-0.1, -0.05) is 22.0 Å². The Morgan fingerprint density at radius 3 is 2.62 bits per heavy atom. The molecule has 2 aromatic rings. The number of carboxylic acid groups (broad SMARTS) is 1. The first-order valence-electron chi connectivity index (χ1n) is 7.33. The molecular formula is C17H19BrN2O4. The van der Waals surface area contributed by atoms with Crippen LogP contribution in [0.3, 0.4) is 0 Å². The van der Waals surface area contributed by atoms with E-state index in [4.69, 9.17) is 9.84 Å². The topological polar surface area (TPSA) is 80.6 Å². The fourth-order valence-corrected chi connectivity index (χ4v) is 2.94. The van der Waals surface area contributed by atoms with E-state index in [0.717, 1.165) is 21.5 Å². The Balaban J connectivity index is 2.25. The number of nitrogens with zero attached hydrogens (tertiary/aromatic N) is 1. The lowest BCUT2D eigenvalue weighted by Gasteiger charge is -2.12. The Hall–Kier alpha value is -2.12. The molecule has 1 heterocycles. The molecule has 1 unspecified atom stereocenters. The van der Waals surface area contributed by atoms with Gasteiger partial charge < -0.3 is 19.7 Å². The number of hydrogen-bond acceptors (Lipinski definition) is 3. The molecule has 1 aromatic heterocycles. The summed E-state index contributed by atoms with van der Waals surface area (Å²) in [5.41, 5.74) is 3.15. The largest absolute Gasteiger partial charge is 0.479 e. The Morgan fingerprint density at radius 2 is 2.04 bits per heavy atom. The number of amides is 1. The number of carboxylic acids is 1. The zero-order chi connectivity index (χ0) is 17.9. The van der Waals surface area contributed by atoms with Crippen molar-refractivity contribution in [2.75, 3.05) is 13.7 Å². The normalized spacial score (nSPS) is 12.0. The van der Waals surface area contributed by atoms with Crippen LogP contribution in [0.15, 0.2) is 34.8 Å². The maximum absolute atomic E-state index is 12.4. The van der Waals surface area contributed by atoms with E-state index in [9.17, 15) is 9.59 Å². The van der Waals surface area contributed by atoms with Gasteiger partial charge in [0, 0.05) is 28.7 Å². The zero-order valence-electron chi connectivity index (χ0n) is 13.7. The fourth-order valence-electron chi connectivity index (χ4n) is 2.56. The van der Waals surface area contributed by atoms with Crippen LogP contribution in [0.5, 0.6) is 0 Å². The van der Waals surface area contributed by atoms with Crippen molar-refractivity contribution < 1.29 is 19.4 Å². The van der Waals surface area contributed by atoms with Crippen molar-refractivity contribution in [2.24, 2.45) is 0 Å². The molecule has 0 aliphatic rings. The molecule has 1 amide bonds. The van der Waals surface area contributed by atoms with E-state index in [0.29, 0.717) is 5.56 Å². The molecule has 7 heteroatoms. The monoisotopic (exact) mass is 394 g/mol. The zero-order valence-corrected chi connectivity index (χ0v) is 15.3. The molecule has 1 atom stereocenters. The lowest BCUT2D eigenvalue weighted by atomic mass is 10.2. The number of methoxy groups -OCH3 is 1. The lowest BCUT2D eigenvalue weighted by molar-refractivity contribution is -0.148. The summed E-state index contributed by atoms with van der Waals surface area (Å²) in [7, 11) is 1.30. The van der Waals surface area contributed by atoms with Crippen LogP contribution in [-0.4, -0.2) is 41.3 Å². The Morgan fingerprint density at radius 1 is 1.33 bits per heavy atom. The predicted octanol–water partition coefficient (Wildman–Crippen LogP) is 2.69. The summed E-state index contributed by atoms with van der Waals surface area (Å²) in [4.78, 5) is 23.3. The van der Waals surface area contributed by atoms with Gasteiger partial charge in [0.2, 0.25) is 0 Å². The van der Waals surface area contributed by atoms with Gasteiger partial charge in [-0.05, 0) is 38.1 Å². The van der Waals surface area contributed by atoms with Crippen molar-refractivity contribution in [2.45, 2.75) is 20.0 Å². The number of carbonyl (C=O) groups is 2. The van der Waals surface area contributed by atoms with E-state index in [-0.39, 0.29) is 12.5 Å². The van der Waals surface area contributed by atoms with Crippen molar-refractivity contribution in [3.8, 4) is 5.69 Å². The van der Waals surface area contributed by atoms with Gasteiger partial charge in [0.1, 0.15) is 0 Å². The van der Waals surface area contributed by atoms with Crippen molar-refractivity contribution in [3.63, 3.8) is 0 Å². The van der Waals surface area contributed by atoms with E-state index in [2.05, 4.69) is 21.2 Å². The van der Waals surface area contributed by atoms with Gasteiger partial charge in [-0.2, -0.15) is 0 Å². The van der Waals surface area contributed by atoms with Crippen LogP contribution >= 0.6 is 15.9 Å². The molecule has 0 fully saturated rings. The molecule has 6 nitrogen and oxygen atoms in total. The molecule has 0 bridgehead atoms. The van der Waals surface area contributed by atoms with Gasteiger partial charge in [0.25, 0.3) is 5.91 Å². The second-order valence-electron chi connectivity index (χ2n) is 5.37. The highest BCUT2D eigenvalue weighted by Crippen LogP contribution is 2.23. The summed E-state index contributed by atoms with van der Waals surface area (Å²) in [5.74, 6) is -1.44. The van der Waals surface area contributed by atoms with E-state index in [1.165, 1.54) is 7.11 Å². The first-order valence-corrected chi connectivity index (χ1v) is 8.13. The number of aliphatic carboxylic acids is 1. The summed E-state index contributed by atoms with van der Waals surface area (Å²) in [6.45, 7) is 3.68. The Bertz CT molecular complexity index is 770. The van der Waals surface area contributed by atoms with Gasteiger partial charge in [0.15, 0.2) is 6.10 Å².